The van der Waals surface area contributed by atoms with Crippen LogP contribution in [-0.2, 0) is 16.4 Å². The van der Waals surface area contributed by atoms with Crippen LogP contribution in [0.4, 0.5) is 0 Å². The van der Waals surface area contributed by atoms with Gasteiger partial charge >= 0.3 is 0 Å². The van der Waals surface area contributed by atoms with Gasteiger partial charge in [-0.05, 0) is 35.1 Å². The molecular formula is C19H23NO2S. The van der Waals surface area contributed by atoms with E-state index in [1.165, 1.54) is 11.0 Å². The molecule has 0 atom stereocenters. The molecule has 0 saturated carbocycles. The summed E-state index contributed by atoms with van der Waals surface area (Å²) in [5, 5.41) is 1.21. The van der Waals surface area contributed by atoms with E-state index in [2.05, 4.69) is 42.8 Å². The molecule has 0 aliphatic carbocycles. The molecule has 2 aromatic carbocycles. The van der Waals surface area contributed by atoms with E-state index < -0.39 is 10.0 Å². The molecule has 1 N–H and O–H groups in total. The maximum absolute atomic E-state index is 11.9. The largest absolute Gasteiger partial charge is 0.233 e. The highest BCUT2D eigenvalue weighted by atomic mass is 32.2. The Hall–Kier alpha value is -1.91. The van der Waals surface area contributed by atoms with Crippen molar-refractivity contribution in [1.29, 1.82) is 0 Å². The standard InChI is InChI=1S/C19H23NO2S/c1-16(2)19-10-8-18(9-11-19)12-14-20-23(21,22)15-13-17-6-4-3-5-7-17/h3-11,13,15-16,20H,12,14H2,1-2H3/b15-13+. The van der Waals surface area contributed by atoms with Crippen molar-refractivity contribution in [2.24, 2.45) is 0 Å². The van der Waals surface area contributed by atoms with Gasteiger partial charge in [0.2, 0.25) is 10.0 Å². The molecule has 0 radical (unpaired) electrons. The molecule has 0 aliphatic heterocycles. The first kappa shape index (κ1) is 17.4. The molecule has 4 heteroatoms. The van der Waals surface area contributed by atoms with Gasteiger partial charge in [0.1, 0.15) is 0 Å². The van der Waals surface area contributed by atoms with E-state index in [-0.39, 0.29) is 0 Å². The van der Waals surface area contributed by atoms with Crippen molar-refractivity contribution in [3.05, 3.63) is 76.7 Å². The van der Waals surface area contributed by atoms with Crippen LogP contribution in [0, 0.1) is 0 Å². The van der Waals surface area contributed by atoms with Gasteiger partial charge in [-0.2, -0.15) is 0 Å². The smallest absolute Gasteiger partial charge is 0.211 e. The number of sulfonamides is 1. The van der Waals surface area contributed by atoms with Crippen LogP contribution in [-0.4, -0.2) is 15.0 Å². The summed E-state index contributed by atoms with van der Waals surface area (Å²) in [5.41, 5.74) is 3.28. The molecule has 0 heterocycles. The van der Waals surface area contributed by atoms with Gasteiger partial charge in [0.25, 0.3) is 0 Å². The van der Waals surface area contributed by atoms with Crippen LogP contribution in [0.2, 0.25) is 0 Å². The van der Waals surface area contributed by atoms with E-state index in [4.69, 9.17) is 0 Å². The number of nitrogens with one attached hydrogen (secondary N) is 1. The van der Waals surface area contributed by atoms with Crippen molar-refractivity contribution >= 4 is 16.1 Å². The van der Waals surface area contributed by atoms with Crippen molar-refractivity contribution in [2.45, 2.75) is 26.2 Å². The van der Waals surface area contributed by atoms with Crippen molar-refractivity contribution in [1.82, 2.24) is 4.72 Å². The minimum absolute atomic E-state index is 0.391. The van der Waals surface area contributed by atoms with Gasteiger partial charge < -0.3 is 0 Å². The molecule has 122 valence electrons. The zero-order valence-corrected chi connectivity index (χ0v) is 14.4. The highest BCUT2D eigenvalue weighted by Gasteiger charge is 2.05. The fraction of sp³-hybridized carbons (Fsp3) is 0.263. The molecule has 0 spiro atoms. The summed E-state index contributed by atoms with van der Waals surface area (Å²) in [6.07, 6.45) is 2.27. The molecular weight excluding hydrogens is 306 g/mol. The Bertz CT molecular complexity index is 733. The third-order valence-corrected chi connectivity index (χ3v) is 4.70. The Kier molecular flexibility index (Phi) is 6.13. The predicted octanol–water partition coefficient (Wildman–Crippen LogP) is 3.94. The Morgan fingerprint density at radius 3 is 2.26 bits per heavy atom. The SMILES string of the molecule is CC(C)c1ccc(CCNS(=O)(=O)/C=C/c2ccccc2)cc1. The Morgan fingerprint density at radius 1 is 1.00 bits per heavy atom. The molecule has 0 bridgehead atoms. The van der Waals surface area contributed by atoms with E-state index >= 15 is 0 Å². The van der Waals surface area contributed by atoms with Gasteiger partial charge in [-0.1, -0.05) is 68.4 Å². The maximum atomic E-state index is 11.9. The Morgan fingerprint density at radius 2 is 1.65 bits per heavy atom. The van der Waals surface area contributed by atoms with Crippen molar-refractivity contribution < 1.29 is 8.42 Å². The van der Waals surface area contributed by atoms with Gasteiger partial charge in [0.05, 0.1) is 0 Å². The molecule has 0 aromatic heterocycles. The summed E-state index contributed by atoms with van der Waals surface area (Å²) in [4.78, 5) is 0. The zero-order valence-electron chi connectivity index (χ0n) is 13.6. The normalized spacial score (nSPS) is 12.1. The lowest BCUT2D eigenvalue weighted by atomic mass is 10.0. The van der Waals surface area contributed by atoms with Crippen LogP contribution in [0.15, 0.2) is 60.0 Å². The first-order valence-electron chi connectivity index (χ1n) is 7.78. The first-order valence-corrected chi connectivity index (χ1v) is 9.32. The van der Waals surface area contributed by atoms with Crippen LogP contribution in [0.5, 0.6) is 0 Å². The second-order valence-corrected chi connectivity index (χ2v) is 7.45. The van der Waals surface area contributed by atoms with E-state index in [1.54, 1.807) is 6.08 Å². The lowest BCUT2D eigenvalue weighted by Gasteiger charge is -2.07. The van der Waals surface area contributed by atoms with Crippen molar-refractivity contribution in [3.63, 3.8) is 0 Å². The second kappa shape index (κ2) is 8.09. The highest BCUT2D eigenvalue weighted by Crippen LogP contribution is 2.14. The average molecular weight is 329 g/mol. The van der Waals surface area contributed by atoms with E-state index in [1.807, 2.05) is 30.3 Å². The molecule has 3 nitrogen and oxygen atoms in total. The number of rotatable bonds is 7. The minimum Gasteiger partial charge on any atom is -0.211 e. The predicted molar refractivity (Wildman–Crippen MR) is 96.6 cm³/mol. The topological polar surface area (TPSA) is 46.2 Å². The molecule has 0 unspecified atom stereocenters. The molecule has 23 heavy (non-hydrogen) atoms. The van der Waals surface area contributed by atoms with Gasteiger partial charge in [0.15, 0.2) is 0 Å². The number of hydrogen-bond acceptors (Lipinski definition) is 2. The van der Waals surface area contributed by atoms with Gasteiger partial charge in [0, 0.05) is 12.0 Å². The molecule has 0 amide bonds. The summed E-state index contributed by atoms with van der Waals surface area (Å²) in [5.74, 6) is 0.505. The van der Waals surface area contributed by atoms with Crippen molar-refractivity contribution in [2.75, 3.05) is 6.54 Å². The lowest BCUT2D eigenvalue weighted by Crippen LogP contribution is -2.23. The zero-order chi connectivity index (χ0) is 16.7. The summed E-state index contributed by atoms with van der Waals surface area (Å²) >= 11 is 0. The van der Waals surface area contributed by atoms with Gasteiger partial charge in [-0.15, -0.1) is 0 Å². The summed E-state index contributed by atoms with van der Waals surface area (Å²) in [6, 6.07) is 17.7. The summed E-state index contributed by atoms with van der Waals surface area (Å²) in [7, 11) is -3.40. The first-order chi connectivity index (χ1) is 11.0. The van der Waals surface area contributed by atoms with Crippen LogP contribution in [0.25, 0.3) is 6.08 Å². The van der Waals surface area contributed by atoms with Crippen molar-refractivity contribution in [3.8, 4) is 0 Å². The van der Waals surface area contributed by atoms with Crippen LogP contribution >= 0.6 is 0 Å². The van der Waals surface area contributed by atoms with Gasteiger partial charge in [-0.3, -0.25) is 0 Å². The van der Waals surface area contributed by atoms with E-state index in [9.17, 15) is 8.42 Å². The van der Waals surface area contributed by atoms with Crippen LogP contribution in [0.1, 0.15) is 36.5 Å². The van der Waals surface area contributed by atoms with Crippen LogP contribution in [0.3, 0.4) is 0 Å². The fourth-order valence-corrected chi connectivity index (χ4v) is 3.01. The quantitative estimate of drug-likeness (QED) is 0.836. The molecule has 2 aromatic rings. The molecule has 2 rings (SSSR count). The summed E-state index contributed by atoms with van der Waals surface area (Å²) in [6.45, 7) is 4.70. The van der Waals surface area contributed by atoms with E-state index in [0.717, 1.165) is 11.1 Å². The number of benzene rings is 2. The third-order valence-electron chi connectivity index (χ3n) is 3.60. The molecule has 0 aliphatic rings. The van der Waals surface area contributed by atoms with Crippen LogP contribution < -0.4 is 4.72 Å². The third kappa shape index (κ3) is 6.00. The van der Waals surface area contributed by atoms with E-state index in [0.29, 0.717) is 18.9 Å². The van der Waals surface area contributed by atoms with Gasteiger partial charge in [-0.25, -0.2) is 13.1 Å². The highest BCUT2D eigenvalue weighted by molar-refractivity contribution is 7.92. The molecule has 0 saturated heterocycles. The average Bonchev–Trinajstić information content (AvgIpc) is 2.54. The minimum atomic E-state index is -3.40. The second-order valence-electron chi connectivity index (χ2n) is 5.80. The number of hydrogen-bond donors (Lipinski definition) is 1. The lowest BCUT2D eigenvalue weighted by molar-refractivity contribution is 0.591. The fourth-order valence-electron chi connectivity index (χ4n) is 2.19. The Labute approximate surface area is 139 Å². The summed E-state index contributed by atoms with van der Waals surface area (Å²) < 4.78 is 26.5. The molecule has 0 fully saturated rings. The Balaban J connectivity index is 1.86. The monoisotopic (exact) mass is 329 g/mol. The maximum Gasteiger partial charge on any atom is 0.233 e.